The second-order valence-corrected chi connectivity index (χ2v) is 7.73. The van der Waals surface area contributed by atoms with Crippen molar-refractivity contribution in [1.29, 1.82) is 0 Å². The predicted octanol–water partition coefficient (Wildman–Crippen LogP) is 3.29. The standard InChI is InChI=1S/C18H23N3O3S.ClH/c1-13(16-6-10-18(11-7-16)21-25(3,23)24)19-12-15-4-8-17(9-5-15)20-14(2)22;/h4-11,13,19,21H,12H2,1-3H3,(H,20,22);1H. The summed E-state index contributed by atoms with van der Waals surface area (Å²) in [5, 5.41) is 6.15. The van der Waals surface area contributed by atoms with Crippen LogP contribution in [0.15, 0.2) is 48.5 Å². The Morgan fingerprint density at radius 3 is 2.04 bits per heavy atom. The molecule has 1 amide bonds. The van der Waals surface area contributed by atoms with Crippen LogP contribution in [0.2, 0.25) is 0 Å². The molecule has 0 bridgehead atoms. The van der Waals surface area contributed by atoms with Crippen LogP contribution in [0.4, 0.5) is 11.4 Å². The fourth-order valence-corrected chi connectivity index (χ4v) is 2.92. The minimum absolute atomic E-state index is 0. The molecule has 6 nitrogen and oxygen atoms in total. The van der Waals surface area contributed by atoms with E-state index in [4.69, 9.17) is 0 Å². The van der Waals surface area contributed by atoms with E-state index in [-0.39, 0.29) is 24.4 Å². The highest BCUT2D eigenvalue weighted by Crippen LogP contribution is 2.17. The van der Waals surface area contributed by atoms with E-state index in [0.717, 1.165) is 23.1 Å². The summed E-state index contributed by atoms with van der Waals surface area (Å²) < 4.78 is 24.9. The van der Waals surface area contributed by atoms with Crippen molar-refractivity contribution in [3.63, 3.8) is 0 Å². The Morgan fingerprint density at radius 1 is 1.00 bits per heavy atom. The molecule has 0 heterocycles. The molecule has 2 aromatic rings. The average molecular weight is 398 g/mol. The van der Waals surface area contributed by atoms with Crippen molar-refractivity contribution in [2.75, 3.05) is 16.3 Å². The zero-order chi connectivity index (χ0) is 18.4. The Labute approximate surface area is 160 Å². The normalized spacial score (nSPS) is 12.0. The highest BCUT2D eigenvalue weighted by atomic mass is 35.5. The molecule has 0 spiro atoms. The molecule has 2 rings (SSSR count). The molecule has 8 heteroatoms. The number of sulfonamides is 1. The summed E-state index contributed by atoms with van der Waals surface area (Å²) in [7, 11) is -3.26. The average Bonchev–Trinajstić information content (AvgIpc) is 2.52. The minimum Gasteiger partial charge on any atom is -0.326 e. The van der Waals surface area contributed by atoms with Gasteiger partial charge < -0.3 is 10.6 Å². The third-order valence-corrected chi connectivity index (χ3v) is 4.21. The van der Waals surface area contributed by atoms with E-state index >= 15 is 0 Å². The fraction of sp³-hybridized carbons (Fsp3) is 0.278. The molecule has 2 aromatic carbocycles. The van der Waals surface area contributed by atoms with Crippen molar-refractivity contribution >= 4 is 39.7 Å². The zero-order valence-electron chi connectivity index (χ0n) is 14.9. The van der Waals surface area contributed by atoms with Crippen molar-refractivity contribution in [2.24, 2.45) is 0 Å². The van der Waals surface area contributed by atoms with Crippen LogP contribution in [0.3, 0.4) is 0 Å². The van der Waals surface area contributed by atoms with E-state index in [1.54, 1.807) is 12.1 Å². The summed E-state index contributed by atoms with van der Waals surface area (Å²) in [6.07, 6.45) is 1.13. The van der Waals surface area contributed by atoms with Gasteiger partial charge in [0.2, 0.25) is 15.9 Å². The van der Waals surface area contributed by atoms with Crippen LogP contribution < -0.4 is 15.4 Å². The number of benzene rings is 2. The lowest BCUT2D eigenvalue weighted by molar-refractivity contribution is -0.114. The molecule has 0 radical (unpaired) electrons. The Kier molecular flexibility index (Phi) is 8.08. The maximum Gasteiger partial charge on any atom is 0.229 e. The third kappa shape index (κ3) is 7.43. The SMILES string of the molecule is CC(=O)Nc1ccc(CNC(C)c2ccc(NS(C)(=O)=O)cc2)cc1.Cl. The van der Waals surface area contributed by atoms with Gasteiger partial charge in [0.25, 0.3) is 0 Å². The van der Waals surface area contributed by atoms with Gasteiger partial charge in [0.05, 0.1) is 6.26 Å². The van der Waals surface area contributed by atoms with Gasteiger partial charge in [-0.25, -0.2) is 8.42 Å². The quantitative estimate of drug-likeness (QED) is 0.669. The molecule has 0 aliphatic rings. The maximum atomic E-state index is 11.2. The first-order chi connectivity index (χ1) is 11.7. The Hall–Kier alpha value is -2.09. The number of hydrogen-bond donors (Lipinski definition) is 3. The molecule has 3 N–H and O–H groups in total. The maximum absolute atomic E-state index is 11.2. The lowest BCUT2D eigenvalue weighted by Crippen LogP contribution is -2.18. The minimum atomic E-state index is -3.26. The van der Waals surface area contributed by atoms with E-state index < -0.39 is 10.0 Å². The van der Waals surface area contributed by atoms with E-state index in [1.807, 2.05) is 43.3 Å². The van der Waals surface area contributed by atoms with Crippen molar-refractivity contribution in [3.05, 3.63) is 59.7 Å². The summed E-state index contributed by atoms with van der Waals surface area (Å²) in [5.74, 6) is -0.0895. The Morgan fingerprint density at radius 2 is 1.54 bits per heavy atom. The largest absolute Gasteiger partial charge is 0.326 e. The van der Waals surface area contributed by atoms with E-state index in [0.29, 0.717) is 12.2 Å². The summed E-state index contributed by atoms with van der Waals surface area (Å²) in [6, 6.07) is 15.1. The number of hydrogen-bond acceptors (Lipinski definition) is 4. The fourth-order valence-electron chi connectivity index (χ4n) is 2.35. The molecule has 0 aromatic heterocycles. The summed E-state index contributed by atoms with van der Waals surface area (Å²) in [6.45, 7) is 4.21. The molecule has 1 atom stereocenters. The first-order valence-corrected chi connectivity index (χ1v) is 9.80. The molecule has 142 valence electrons. The van der Waals surface area contributed by atoms with Gasteiger partial charge in [0, 0.05) is 30.9 Å². The Bertz CT molecular complexity index is 822. The van der Waals surface area contributed by atoms with Crippen LogP contribution in [0, 0.1) is 0 Å². The van der Waals surface area contributed by atoms with Crippen molar-refractivity contribution in [2.45, 2.75) is 26.4 Å². The molecule has 1 unspecified atom stereocenters. The number of rotatable bonds is 7. The van der Waals surface area contributed by atoms with Crippen LogP contribution in [0.25, 0.3) is 0 Å². The van der Waals surface area contributed by atoms with Gasteiger partial charge in [-0.3, -0.25) is 9.52 Å². The summed E-state index contributed by atoms with van der Waals surface area (Å²) in [4.78, 5) is 11.0. The van der Waals surface area contributed by atoms with Crippen LogP contribution in [0.1, 0.15) is 31.0 Å². The van der Waals surface area contributed by atoms with Crippen molar-refractivity contribution in [1.82, 2.24) is 5.32 Å². The molecular formula is C18H24ClN3O3S. The van der Waals surface area contributed by atoms with E-state index in [2.05, 4.69) is 15.4 Å². The molecule has 0 aliphatic heterocycles. The van der Waals surface area contributed by atoms with Gasteiger partial charge in [-0.1, -0.05) is 24.3 Å². The number of carbonyl (C=O) groups is 1. The van der Waals surface area contributed by atoms with Crippen LogP contribution in [-0.4, -0.2) is 20.6 Å². The first-order valence-electron chi connectivity index (χ1n) is 7.90. The monoisotopic (exact) mass is 397 g/mol. The second kappa shape index (κ2) is 9.56. The van der Waals surface area contributed by atoms with Gasteiger partial charge >= 0.3 is 0 Å². The van der Waals surface area contributed by atoms with E-state index in [1.165, 1.54) is 6.92 Å². The highest BCUT2D eigenvalue weighted by molar-refractivity contribution is 7.92. The summed E-state index contributed by atoms with van der Waals surface area (Å²) in [5.41, 5.74) is 3.50. The molecule has 0 fully saturated rings. The van der Waals surface area contributed by atoms with Crippen LogP contribution in [-0.2, 0) is 21.4 Å². The molecule has 0 saturated heterocycles. The number of anilines is 2. The molecule has 26 heavy (non-hydrogen) atoms. The number of halogens is 1. The Balaban J connectivity index is 0.00000338. The lowest BCUT2D eigenvalue weighted by Gasteiger charge is -2.15. The lowest BCUT2D eigenvalue weighted by atomic mass is 10.1. The molecule has 0 saturated carbocycles. The number of nitrogens with one attached hydrogen (secondary N) is 3. The van der Waals surface area contributed by atoms with Gasteiger partial charge in [-0.05, 0) is 42.3 Å². The van der Waals surface area contributed by atoms with Gasteiger partial charge in [-0.15, -0.1) is 12.4 Å². The topological polar surface area (TPSA) is 87.3 Å². The third-order valence-electron chi connectivity index (χ3n) is 3.60. The van der Waals surface area contributed by atoms with Crippen LogP contribution >= 0.6 is 12.4 Å². The zero-order valence-corrected chi connectivity index (χ0v) is 16.6. The number of carbonyl (C=O) groups excluding carboxylic acids is 1. The van der Waals surface area contributed by atoms with Gasteiger partial charge in [-0.2, -0.15) is 0 Å². The molecule has 0 aliphatic carbocycles. The van der Waals surface area contributed by atoms with E-state index in [9.17, 15) is 13.2 Å². The second-order valence-electron chi connectivity index (χ2n) is 5.98. The van der Waals surface area contributed by atoms with Crippen molar-refractivity contribution < 1.29 is 13.2 Å². The summed E-state index contributed by atoms with van der Waals surface area (Å²) >= 11 is 0. The van der Waals surface area contributed by atoms with Crippen LogP contribution in [0.5, 0.6) is 0 Å². The highest BCUT2D eigenvalue weighted by Gasteiger charge is 2.07. The van der Waals surface area contributed by atoms with Crippen molar-refractivity contribution in [3.8, 4) is 0 Å². The predicted molar refractivity (Wildman–Crippen MR) is 108 cm³/mol. The molecular weight excluding hydrogens is 374 g/mol. The first kappa shape index (κ1) is 22.0. The van der Waals surface area contributed by atoms with Gasteiger partial charge in [0.1, 0.15) is 0 Å². The smallest absolute Gasteiger partial charge is 0.229 e. The van der Waals surface area contributed by atoms with Gasteiger partial charge in [0.15, 0.2) is 0 Å². The number of amides is 1.